The molecular formula is C32H30N4O4. The molecule has 0 bridgehead atoms. The third-order valence-electron chi connectivity index (χ3n) is 7.42. The number of fused-ring (bicyclic) bond motifs is 1. The van der Waals surface area contributed by atoms with Crippen molar-refractivity contribution in [1.82, 2.24) is 14.8 Å². The Balaban J connectivity index is 1.16. The lowest BCUT2D eigenvalue weighted by molar-refractivity contribution is 0.0619. The molecule has 0 unspecified atom stereocenters. The molecule has 2 aromatic heterocycles. The first kappa shape index (κ1) is 25.6. The standard InChI is InChI=1S/C32H30N4O4/c33-32-27(20-34-36(32)24-8-10-26(11-9-24)40-25-4-2-1-3-5-25)31(38)29-19-23-18-22(7-12-28(23)35-29)30(37)13-6-21-14-16-39-17-15-21/h1-5,7-12,18-21,35H,6,13-17,33H2. The number of benzene rings is 3. The molecule has 1 aliphatic heterocycles. The Bertz CT molecular complexity index is 1650. The summed E-state index contributed by atoms with van der Waals surface area (Å²) in [5.74, 6) is 2.06. The number of ether oxygens (including phenoxy) is 2. The zero-order valence-corrected chi connectivity index (χ0v) is 22.0. The molecule has 40 heavy (non-hydrogen) atoms. The van der Waals surface area contributed by atoms with Crippen LogP contribution >= 0.6 is 0 Å². The van der Waals surface area contributed by atoms with Crippen LogP contribution in [0.1, 0.15) is 52.1 Å². The molecule has 1 aliphatic rings. The van der Waals surface area contributed by atoms with Gasteiger partial charge in [0.15, 0.2) is 5.78 Å². The second kappa shape index (κ2) is 11.2. The van der Waals surface area contributed by atoms with Crippen LogP contribution in [0, 0.1) is 5.92 Å². The van der Waals surface area contributed by atoms with E-state index in [0.29, 0.717) is 40.6 Å². The summed E-state index contributed by atoms with van der Waals surface area (Å²) in [6.07, 6.45) is 4.90. The van der Waals surface area contributed by atoms with E-state index < -0.39 is 0 Å². The van der Waals surface area contributed by atoms with Crippen LogP contribution in [0.5, 0.6) is 11.5 Å². The molecule has 8 nitrogen and oxygen atoms in total. The molecule has 6 rings (SSSR count). The predicted octanol–water partition coefficient (Wildman–Crippen LogP) is 6.35. The van der Waals surface area contributed by atoms with Gasteiger partial charge in [-0.1, -0.05) is 18.2 Å². The molecule has 1 saturated heterocycles. The number of nitrogens with one attached hydrogen (secondary N) is 1. The minimum atomic E-state index is -0.267. The molecule has 202 valence electrons. The number of carbonyl (C=O) groups excluding carboxylic acids is 2. The summed E-state index contributed by atoms with van der Waals surface area (Å²) in [6.45, 7) is 1.56. The van der Waals surface area contributed by atoms with E-state index in [1.165, 1.54) is 10.9 Å². The minimum absolute atomic E-state index is 0.119. The highest BCUT2D eigenvalue weighted by atomic mass is 16.5. The molecule has 1 fully saturated rings. The summed E-state index contributed by atoms with van der Waals surface area (Å²) in [6, 6.07) is 24.1. The van der Waals surface area contributed by atoms with Crippen LogP contribution in [0.25, 0.3) is 16.6 Å². The second-order valence-corrected chi connectivity index (χ2v) is 10.1. The van der Waals surface area contributed by atoms with E-state index in [9.17, 15) is 9.59 Å². The van der Waals surface area contributed by atoms with E-state index in [1.54, 1.807) is 6.07 Å². The first-order chi connectivity index (χ1) is 19.5. The molecule has 0 saturated carbocycles. The molecule has 5 aromatic rings. The van der Waals surface area contributed by atoms with Crippen LogP contribution < -0.4 is 10.5 Å². The van der Waals surface area contributed by atoms with Crippen LogP contribution in [-0.4, -0.2) is 39.5 Å². The van der Waals surface area contributed by atoms with Gasteiger partial charge in [0.05, 0.1) is 23.1 Å². The number of aromatic nitrogens is 3. The number of anilines is 1. The molecule has 0 spiro atoms. The number of hydrogen-bond acceptors (Lipinski definition) is 6. The van der Waals surface area contributed by atoms with Gasteiger partial charge in [0.2, 0.25) is 5.78 Å². The summed E-state index contributed by atoms with van der Waals surface area (Å²) in [4.78, 5) is 29.4. The van der Waals surface area contributed by atoms with Gasteiger partial charge >= 0.3 is 0 Å². The second-order valence-electron chi connectivity index (χ2n) is 10.1. The molecule has 0 amide bonds. The van der Waals surface area contributed by atoms with Gasteiger partial charge in [0.1, 0.15) is 17.3 Å². The summed E-state index contributed by atoms with van der Waals surface area (Å²) < 4.78 is 12.8. The monoisotopic (exact) mass is 534 g/mol. The summed E-state index contributed by atoms with van der Waals surface area (Å²) >= 11 is 0. The number of carbonyl (C=O) groups is 2. The number of nitrogen functional groups attached to an aromatic ring is 1. The van der Waals surface area contributed by atoms with Gasteiger partial charge in [0.25, 0.3) is 0 Å². The number of Topliss-reactive ketones (excluding diaryl/α,β-unsaturated/α-hetero) is 1. The van der Waals surface area contributed by atoms with E-state index in [4.69, 9.17) is 15.2 Å². The van der Waals surface area contributed by atoms with Crippen LogP contribution in [0.4, 0.5) is 5.82 Å². The number of rotatable bonds is 9. The molecule has 0 aliphatic carbocycles. The van der Waals surface area contributed by atoms with E-state index in [1.807, 2.05) is 72.8 Å². The average Bonchev–Trinajstić information content (AvgIpc) is 3.60. The van der Waals surface area contributed by atoms with Gasteiger partial charge in [-0.25, -0.2) is 4.68 Å². The number of nitrogens with zero attached hydrogens (tertiary/aromatic N) is 2. The normalized spacial score (nSPS) is 13.9. The van der Waals surface area contributed by atoms with Crippen molar-refractivity contribution < 1.29 is 19.1 Å². The van der Waals surface area contributed by atoms with Gasteiger partial charge in [-0.2, -0.15) is 5.10 Å². The van der Waals surface area contributed by atoms with Gasteiger partial charge < -0.3 is 20.2 Å². The lowest BCUT2D eigenvalue weighted by atomic mass is 9.92. The van der Waals surface area contributed by atoms with E-state index in [-0.39, 0.29) is 17.4 Å². The Kier molecular flexibility index (Phi) is 7.16. The largest absolute Gasteiger partial charge is 0.457 e. The van der Waals surface area contributed by atoms with Gasteiger partial charge in [-0.05, 0) is 85.8 Å². The number of aromatic amines is 1. The third-order valence-corrected chi connectivity index (χ3v) is 7.42. The zero-order chi connectivity index (χ0) is 27.5. The summed E-state index contributed by atoms with van der Waals surface area (Å²) in [7, 11) is 0. The Hall–Kier alpha value is -4.69. The van der Waals surface area contributed by atoms with Gasteiger partial charge in [-0.3, -0.25) is 9.59 Å². The SMILES string of the molecule is Nc1c(C(=O)c2cc3cc(C(=O)CCC4CCOCC4)ccc3[nH]2)cnn1-c1ccc(Oc2ccccc2)cc1. The van der Waals surface area contributed by atoms with Crippen molar-refractivity contribution in [3.63, 3.8) is 0 Å². The van der Waals surface area contributed by atoms with Crippen molar-refractivity contribution >= 4 is 28.3 Å². The van der Waals surface area contributed by atoms with E-state index >= 15 is 0 Å². The predicted molar refractivity (Wildman–Crippen MR) is 153 cm³/mol. The maximum Gasteiger partial charge on any atom is 0.214 e. The molecule has 3 aromatic carbocycles. The van der Waals surface area contributed by atoms with Gasteiger partial charge in [-0.15, -0.1) is 0 Å². The molecule has 8 heteroatoms. The Morgan fingerprint density at radius 1 is 0.975 bits per heavy atom. The topological polar surface area (TPSA) is 112 Å². The van der Waals surface area contributed by atoms with Crippen LogP contribution in [0.2, 0.25) is 0 Å². The number of ketones is 2. The first-order valence-electron chi connectivity index (χ1n) is 13.5. The van der Waals surface area contributed by atoms with E-state index in [2.05, 4.69) is 10.1 Å². The average molecular weight is 535 g/mol. The Morgan fingerprint density at radius 3 is 2.50 bits per heavy atom. The molecule has 3 N–H and O–H groups in total. The fourth-order valence-electron chi connectivity index (χ4n) is 5.11. The maximum absolute atomic E-state index is 13.4. The van der Waals surface area contributed by atoms with E-state index in [0.717, 1.165) is 49.1 Å². The lowest BCUT2D eigenvalue weighted by Crippen LogP contribution is -2.16. The van der Waals surface area contributed by atoms with Crippen LogP contribution in [0.15, 0.2) is 85.1 Å². The molecule has 3 heterocycles. The van der Waals surface area contributed by atoms with Crippen molar-refractivity contribution in [2.75, 3.05) is 18.9 Å². The molecule has 0 atom stereocenters. The first-order valence-corrected chi connectivity index (χ1v) is 13.5. The highest BCUT2D eigenvalue weighted by Gasteiger charge is 2.21. The van der Waals surface area contributed by atoms with Crippen molar-refractivity contribution in [2.24, 2.45) is 5.92 Å². The van der Waals surface area contributed by atoms with Crippen LogP contribution in [-0.2, 0) is 4.74 Å². The third kappa shape index (κ3) is 5.39. The lowest BCUT2D eigenvalue weighted by Gasteiger charge is -2.21. The zero-order valence-electron chi connectivity index (χ0n) is 22.0. The highest BCUT2D eigenvalue weighted by Crippen LogP contribution is 2.27. The smallest absolute Gasteiger partial charge is 0.214 e. The number of hydrogen-bond donors (Lipinski definition) is 2. The summed E-state index contributed by atoms with van der Waals surface area (Å²) in [5.41, 5.74) is 9.20. The fourth-order valence-corrected chi connectivity index (χ4v) is 5.11. The maximum atomic E-state index is 13.4. The molecule has 0 radical (unpaired) electrons. The molecular weight excluding hydrogens is 504 g/mol. The number of H-pyrrole nitrogens is 1. The number of nitrogens with two attached hydrogens (primary N) is 1. The Morgan fingerprint density at radius 2 is 1.73 bits per heavy atom. The summed E-state index contributed by atoms with van der Waals surface area (Å²) in [5, 5.41) is 5.17. The van der Waals surface area contributed by atoms with Crippen molar-refractivity contribution in [2.45, 2.75) is 25.7 Å². The number of para-hydroxylation sites is 1. The van der Waals surface area contributed by atoms with Crippen molar-refractivity contribution in [3.8, 4) is 17.2 Å². The van der Waals surface area contributed by atoms with Crippen LogP contribution in [0.3, 0.4) is 0 Å². The van der Waals surface area contributed by atoms with Crippen molar-refractivity contribution in [1.29, 1.82) is 0 Å². The fraction of sp³-hybridized carbons (Fsp3) is 0.219. The Labute approximate surface area is 231 Å². The quantitative estimate of drug-likeness (QED) is 0.213. The highest BCUT2D eigenvalue weighted by molar-refractivity contribution is 6.13. The minimum Gasteiger partial charge on any atom is -0.457 e. The van der Waals surface area contributed by atoms with Gasteiger partial charge in [0, 0.05) is 36.1 Å². The van der Waals surface area contributed by atoms with Crippen molar-refractivity contribution in [3.05, 3.63) is 102 Å².